The zero-order valence-corrected chi connectivity index (χ0v) is 22.1. The van der Waals surface area contributed by atoms with Crippen molar-refractivity contribution in [1.29, 1.82) is 0 Å². The molecule has 0 aliphatic heterocycles. The molecule has 0 aliphatic rings. The van der Waals surface area contributed by atoms with E-state index in [1.54, 1.807) is 24.8 Å². The zero-order chi connectivity index (χ0) is 27.5. The van der Waals surface area contributed by atoms with Crippen molar-refractivity contribution in [3.05, 3.63) is 77.7 Å². The van der Waals surface area contributed by atoms with Gasteiger partial charge in [-0.05, 0) is 78.4 Å². The number of amides is 2. The van der Waals surface area contributed by atoms with Crippen molar-refractivity contribution in [2.75, 3.05) is 13.7 Å². The molecule has 0 unspecified atom stereocenters. The Morgan fingerprint density at radius 1 is 1.08 bits per heavy atom. The number of carbonyl (C=O) groups excluding carboxylic acids is 2. The number of nitrogens with zero attached hydrogens (tertiary/aromatic N) is 2. The van der Waals surface area contributed by atoms with Gasteiger partial charge in [0.05, 0.1) is 29.1 Å². The molecule has 0 bridgehead atoms. The summed E-state index contributed by atoms with van der Waals surface area (Å²) in [5.74, 6) is -0.288. The van der Waals surface area contributed by atoms with Crippen molar-refractivity contribution in [2.24, 2.45) is 0 Å². The Balaban J connectivity index is 1.44. The van der Waals surface area contributed by atoms with Crippen LogP contribution in [0.25, 0.3) is 23.1 Å². The number of benzene rings is 2. The Hall–Kier alpha value is -4.22. The third-order valence-electron chi connectivity index (χ3n) is 5.79. The number of aromatic amines is 1. The van der Waals surface area contributed by atoms with Crippen molar-refractivity contribution >= 4 is 46.6 Å². The summed E-state index contributed by atoms with van der Waals surface area (Å²) in [5.41, 5.74) is 4.63. The van der Waals surface area contributed by atoms with E-state index in [2.05, 4.69) is 25.5 Å². The molecule has 4 aromatic rings. The lowest BCUT2D eigenvalue weighted by Gasteiger charge is -2.14. The first-order chi connectivity index (χ1) is 19.1. The highest BCUT2D eigenvalue weighted by atomic mass is 32.2. The fraction of sp³-hybridized carbons (Fsp3) is 0.214. The van der Waals surface area contributed by atoms with Crippen molar-refractivity contribution in [3.63, 3.8) is 0 Å². The smallest absolute Gasteiger partial charge is 0.255 e. The SMILES string of the molecule is CNC(=O)c1c(OCCCCCC(=O)NOF)cccc1Sc1ccc2c(/C=C/c3ccccn3)n[nH]c2c1. The summed E-state index contributed by atoms with van der Waals surface area (Å²) >= 11 is 1.46. The molecule has 2 amide bonds. The van der Waals surface area contributed by atoms with Crippen LogP contribution in [0.1, 0.15) is 47.4 Å². The summed E-state index contributed by atoms with van der Waals surface area (Å²) in [6.07, 6.45) is 7.67. The number of halogens is 1. The number of carbonyl (C=O) groups is 2. The first kappa shape index (κ1) is 27.8. The van der Waals surface area contributed by atoms with Gasteiger partial charge in [0.15, 0.2) is 0 Å². The lowest BCUT2D eigenvalue weighted by atomic mass is 10.1. The van der Waals surface area contributed by atoms with E-state index in [9.17, 15) is 14.1 Å². The number of aromatic nitrogens is 3. The topological polar surface area (TPSA) is 118 Å². The van der Waals surface area contributed by atoms with Crippen molar-refractivity contribution in [3.8, 4) is 5.75 Å². The first-order valence-electron chi connectivity index (χ1n) is 12.4. The van der Waals surface area contributed by atoms with Gasteiger partial charge in [-0.25, -0.2) is 0 Å². The zero-order valence-electron chi connectivity index (χ0n) is 21.3. The maximum Gasteiger partial charge on any atom is 0.255 e. The molecule has 0 saturated heterocycles. The van der Waals surface area contributed by atoms with Crippen LogP contribution in [0.15, 0.2) is 70.6 Å². The molecule has 0 aliphatic carbocycles. The predicted octanol–water partition coefficient (Wildman–Crippen LogP) is 5.51. The average molecular weight is 550 g/mol. The van der Waals surface area contributed by atoms with Crippen LogP contribution >= 0.6 is 11.8 Å². The van der Waals surface area contributed by atoms with Gasteiger partial charge in [0, 0.05) is 34.8 Å². The number of H-pyrrole nitrogens is 1. The second kappa shape index (κ2) is 14.1. The summed E-state index contributed by atoms with van der Waals surface area (Å²) < 4.78 is 17.6. The Kier molecular flexibility index (Phi) is 10.0. The molecule has 4 rings (SSSR count). The van der Waals surface area contributed by atoms with Gasteiger partial charge in [-0.2, -0.15) is 10.6 Å². The van der Waals surface area contributed by atoms with Gasteiger partial charge in [-0.15, -0.1) is 0 Å². The molecule has 39 heavy (non-hydrogen) atoms. The van der Waals surface area contributed by atoms with Gasteiger partial charge in [0.1, 0.15) is 5.75 Å². The lowest BCUT2D eigenvalue weighted by molar-refractivity contribution is -0.198. The van der Waals surface area contributed by atoms with E-state index in [0.717, 1.165) is 32.1 Å². The molecule has 11 heteroatoms. The normalized spacial score (nSPS) is 11.1. The Morgan fingerprint density at radius 2 is 1.97 bits per heavy atom. The number of nitrogens with one attached hydrogen (secondary N) is 3. The number of ether oxygens (including phenoxy) is 1. The number of hydroxylamine groups is 1. The second-order valence-corrected chi connectivity index (χ2v) is 9.59. The van der Waals surface area contributed by atoms with Gasteiger partial charge >= 0.3 is 0 Å². The van der Waals surface area contributed by atoms with E-state index in [4.69, 9.17) is 4.74 Å². The van der Waals surface area contributed by atoms with Crippen LogP contribution in [-0.2, 0) is 9.84 Å². The van der Waals surface area contributed by atoms with Gasteiger partial charge in [-0.3, -0.25) is 19.7 Å². The van der Waals surface area contributed by atoms with Gasteiger partial charge < -0.3 is 10.1 Å². The molecule has 0 atom stereocenters. The van der Waals surface area contributed by atoms with Gasteiger partial charge in [0.2, 0.25) is 5.91 Å². The van der Waals surface area contributed by atoms with E-state index in [0.29, 0.717) is 37.2 Å². The standard InChI is InChI=1S/C28H28FN5O4S/c1-30-28(36)27-24(37-17-6-2-3-11-26(35)34-38-29)9-7-10-25(27)39-20-13-14-21-22(32-33-23(21)18-20)15-12-19-8-4-5-16-31-19/h4-5,7-10,12-16,18H,2-3,6,11,17H2,1H3,(H,30,36)(H,32,33)(H,34,35)/b15-12+. The highest BCUT2D eigenvalue weighted by Gasteiger charge is 2.18. The van der Waals surface area contributed by atoms with Crippen molar-refractivity contribution in [1.82, 2.24) is 26.0 Å². The van der Waals surface area contributed by atoms with E-state index in [1.165, 1.54) is 11.8 Å². The average Bonchev–Trinajstić information content (AvgIpc) is 3.36. The summed E-state index contributed by atoms with van der Waals surface area (Å²) in [6.45, 7) is 0.369. The van der Waals surface area contributed by atoms with Crippen LogP contribution in [0.5, 0.6) is 5.75 Å². The quantitative estimate of drug-likeness (QED) is 0.149. The van der Waals surface area contributed by atoms with Crippen LogP contribution in [0, 0.1) is 0 Å². The van der Waals surface area contributed by atoms with E-state index in [1.807, 2.05) is 60.7 Å². The lowest BCUT2D eigenvalue weighted by Crippen LogP contribution is -2.20. The minimum absolute atomic E-state index is 0.155. The highest BCUT2D eigenvalue weighted by Crippen LogP contribution is 2.36. The number of pyridine rings is 1. The molecule has 202 valence electrons. The maximum atomic E-state index is 12.8. The Morgan fingerprint density at radius 3 is 2.77 bits per heavy atom. The van der Waals surface area contributed by atoms with Gasteiger partial charge in [0.25, 0.3) is 5.91 Å². The minimum Gasteiger partial charge on any atom is -0.493 e. The first-order valence-corrected chi connectivity index (χ1v) is 13.2. The third kappa shape index (κ3) is 7.65. The molecule has 9 nitrogen and oxygen atoms in total. The fourth-order valence-electron chi connectivity index (χ4n) is 3.88. The second-order valence-electron chi connectivity index (χ2n) is 8.48. The van der Waals surface area contributed by atoms with Crippen LogP contribution in [-0.4, -0.2) is 40.7 Å². The van der Waals surface area contributed by atoms with Crippen molar-refractivity contribution < 1.29 is 23.9 Å². The minimum atomic E-state index is -0.518. The highest BCUT2D eigenvalue weighted by molar-refractivity contribution is 7.99. The summed E-state index contributed by atoms with van der Waals surface area (Å²) in [6, 6.07) is 17.2. The van der Waals surface area contributed by atoms with Crippen LogP contribution in [0.2, 0.25) is 0 Å². The number of hydrogen-bond donors (Lipinski definition) is 3. The largest absolute Gasteiger partial charge is 0.493 e. The monoisotopic (exact) mass is 549 g/mol. The molecule has 0 radical (unpaired) electrons. The molecule has 2 heterocycles. The number of hydrogen-bond acceptors (Lipinski definition) is 7. The summed E-state index contributed by atoms with van der Waals surface area (Å²) in [5, 5.41) is 14.3. The molecular weight excluding hydrogens is 521 g/mol. The summed E-state index contributed by atoms with van der Waals surface area (Å²) in [7, 11) is 1.58. The fourth-order valence-corrected chi connectivity index (χ4v) is 4.89. The van der Waals surface area contributed by atoms with E-state index in [-0.39, 0.29) is 12.3 Å². The molecule has 0 spiro atoms. The molecular formula is C28H28FN5O4S. The van der Waals surface area contributed by atoms with Gasteiger partial charge in [-0.1, -0.05) is 28.9 Å². The van der Waals surface area contributed by atoms with Crippen LogP contribution in [0.3, 0.4) is 0 Å². The Bertz CT molecular complexity index is 1440. The van der Waals surface area contributed by atoms with Crippen LogP contribution < -0.4 is 15.5 Å². The van der Waals surface area contributed by atoms with Crippen LogP contribution in [0.4, 0.5) is 4.53 Å². The number of rotatable bonds is 13. The number of unbranched alkanes of at least 4 members (excludes halogenated alkanes) is 2. The molecule has 2 aromatic carbocycles. The van der Waals surface area contributed by atoms with E-state index < -0.39 is 5.91 Å². The molecule has 2 aromatic heterocycles. The van der Waals surface area contributed by atoms with Crippen molar-refractivity contribution in [2.45, 2.75) is 35.5 Å². The molecule has 0 saturated carbocycles. The maximum absolute atomic E-state index is 12.8. The number of fused-ring (bicyclic) bond motifs is 1. The van der Waals surface area contributed by atoms with E-state index >= 15 is 0 Å². The third-order valence-corrected chi connectivity index (χ3v) is 6.84. The Labute approximate surface area is 229 Å². The molecule has 0 fully saturated rings. The molecule has 3 N–H and O–H groups in total. The summed E-state index contributed by atoms with van der Waals surface area (Å²) in [4.78, 5) is 30.0. The predicted molar refractivity (Wildman–Crippen MR) is 148 cm³/mol.